The number of para-hydroxylation sites is 1. The summed E-state index contributed by atoms with van der Waals surface area (Å²) in [4.78, 5) is 23.8. The Morgan fingerprint density at radius 3 is 2.43 bits per heavy atom. The summed E-state index contributed by atoms with van der Waals surface area (Å²) in [5.74, 6) is -0.396. The molecule has 0 spiro atoms. The number of ether oxygens (including phenoxy) is 3. The van der Waals surface area contributed by atoms with Crippen LogP contribution in [-0.4, -0.2) is 19.0 Å². The molecule has 0 saturated carbocycles. The Labute approximate surface area is 166 Å². The quantitative estimate of drug-likeness (QED) is 0.537. The van der Waals surface area contributed by atoms with E-state index in [0.717, 1.165) is 5.56 Å². The van der Waals surface area contributed by atoms with Crippen molar-refractivity contribution in [2.75, 3.05) is 7.11 Å². The Kier molecular flexibility index (Phi) is 6.34. The number of halogens is 1. The highest BCUT2D eigenvalue weighted by atomic mass is 35.5. The van der Waals surface area contributed by atoms with E-state index in [1.807, 2.05) is 12.1 Å². The molecule has 28 heavy (non-hydrogen) atoms. The minimum Gasteiger partial charge on any atom is -0.488 e. The van der Waals surface area contributed by atoms with Crippen molar-refractivity contribution < 1.29 is 28.2 Å². The van der Waals surface area contributed by atoms with Gasteiger partial charge in [0.05, 0.1) is 7.11 Å². The zero-order valence-corrected chi connectivity index (χ0v) is 15.8. The molecule has 7 heteroatoms. The molecular weight excluding hydrogens is 384 g/mol. The first kappa shape index (κ1) is 19.5. The van der Waals surface area contributed by atoms with Gasteiger partial charge in [0.1, 0.15) is 30.3 Å². The van der Waals surface area contributed by atoms with Gasteiger partial charge < -0.3 is 18.6 Å². The second kappa shape index (κ2) is 9.10. The van der Waals surface area contributed by atoms with E-state index in [4.69, 9.17) is 25.5 Å². The largest absolute Gasteiger partial charge is 0.488 e. The van der Waals surface area contributed by atoms with Crippen LogP contribution in [0, 0.1) is 0 Å². The van der Waals surface area contributed by atoms with Gasteiger partial charge in [-0.1, -0.05) is 35.9 Å². The van der Waals surface area contributed by atoms with Crippen LogP contribution in [0.25, 0.3) is 0 Å². The van der Waals surface area contributed by atoms with E-state index < -0.39 is 11.9 Å². The lowest BCUT2D eigenvalue weighted by molar-refractivity contribution is 0.0433. The predicted octanol–water partition coefficient (Wildman–Crippen LogP) is 4.66. The fraction of sp³-hybridized carbons (Fsp3) is 0.143. The molecule has 144 valence electrons. The first-order chi connectivity index (χ1) is 13.6. The summed E-state index contributed by atoms with van der Waals surface area (Å²) >= 11 is 5.87. The molecule has 0 aliphatic heterocycles. The van der Waals surface area contributed by atoms with Gasteiger partial charge in [-0.15, -0.1) is 0 Å². The monoisotopic (exact) mass is 400 g/mol. The van der Waals surface area contributed by atoms with Crippen LogP contribution in [0.15, 0.2) is 65.1 Å². The summed E-state index contributed by atoms with van der Waals surface area (Å²) in [6.45, 7) is 0.156. The van der Waals surface area contributed by atoms with Crippen molar-refractivity contribution in [1.29, 1.82) is 0 Å². The van der Waals surface area contributed by atoms with Crippen LogP contribution in [0.5, 0.6) is 5.75 Å². The number of hydrogen-bond donors (Lipinski definition) is 0. The summed E-state index contributed by atoms with van der Waals surface area (Å²) in [5.41, 5.74) is 1.20. The van der Waals surface area contributed by atoms with Gasteiger partial charge in [-0.05, 0) is 42.0 Å². The molecule has 0 fully saturated rings. The van der Waals surface area contributed by atoms with Crippen LogP contribution in [0.2, 0.25) is 5.02 Å². The van der Waals surface area contributed by atoms with Gasteiger partial charge in [-0.3, -0.25) is 0 Å². The second-order valence-electron chi connectivity index (χ2n) is 5.74. The Morgan fingerprint density at radius 1 is 0.929 bits per heavy atom. The van der Waals surface area contributed by atoms with E-state index in [-0.39, 0.29) is 24.5 Å². The molecule has 0 N–H and O–H groups in total. The van der Waals surface area contributed by atoms with Gasteiger partial charge in [-0.25, -0.2) is 9.59 Å². The van der Waals surface area contributed by atoms with E-state index in [9.17, 15) is 9.59 Å². The average molecular weight is 401 g/mol. The molecule has 0 saturated heterocycles. The molecule has 0 amide bonds. The molecule has 2 aromatic carbocycles. The normalized spacial score (nSPS) is 10.4. The molecule has 1 aromatic heterocycles. The summed E-state index contributed by atoms with van der Waals surface area (Å²) in [6, 6.07) is 17.0. The molecule has 0 atom stereocenters. The second-order valence-corrected chi connectivity index (χ2v) is 6.18. The lowest BCUT2D eigenvalue weighted by atomic mass is 10.2. The zero-order chi connectivity index (χ0) is 19.9. The predicted molar refractivity (Wildman–Crippen MR) is 101 cm³/mol. The topological polar surface area (TPSA) is 75.0 Å². The van der Waals surface area contributed by atoms with Crippen molar-refractivity contribution in [2.45, 2.75) is 13.2 Å². The number of carbonyl (C=O) groups is 2. The molecule has 3 aromatic rings. The fourth-order valence-electron chi connectivity index (χ4n) is 2.38. The minimum absolute atomic E-state index is 0.0419. The maximum Gasteiger partial charge on any atom is 0.373 e. The average Bonchev–Trinajstić information content (AvgIpc) is 3.20. The number of methoxy groups -OCH3 is 1. The number of esters is 2. The molecule has 0 aliphatic rings. The minimum atomic E-state index is -0.599. The highest BCUT2D eigenvalue weighted by molar-refractivity contribution is 6.30. The Bertz CT molecular complexity index is 961. The van der Waals surface area contributed by atoms with Crippen LogP contribution in [-0.2, 0) is 22.7 Å². The smallest absolute Gasteiger partial charge is 0.373 e. The summed E-state index contributed by atoms with van der Waals surface area (Å²) in [7, 11) is 1.26. The molecular formula is C21H17ClO6. The van der Waals surface area contributed by atoms with Crippen molar-refractivity contribution in [2.24, 2.45) is 0 Å². The third-order valence-electron chi connectivity index (χ3n) is 3.81. The van der Waals surface area contributed by atoms with Crippen molar-refractivity contribution in [1.82, 2.24) is 0 Å². The maximum absolute atomic E-state index is 12.4. The zero-order valence-electron chi connectivity index (χ0n) is 15.0. The van der Waals surface area contributed by atoms with Gasteiger partial charge in [0, 0.05) is 5.02 Å². The van der Waals surface area contributed by atoms with Gasteiger partial charge in [0.15, 0.2) is 0 Å². The lowest BCUT2D eigenvalue weighted by Crippen LogP contribution is -2.08. The molecule has 6 nitrogen and oxygen atoms in total. The van der Waals surface area contributed by atoms with Crippen molar-refractivity contribution in [3.8, 4) is 5.75 Å². The first-order valence-electron chi connectivity index (χ1n) is 8.37. The summed E-state index contributed by atoms with van der Waals surface area (Å²) in [5, 5.41) is 0.640. The van der Waals surface area contributed by atoms with E-state index in [0.29, 0.717) is 16.5 Å². The van der Waals surface area contributed by atoms with Gasteiger partial charge in [-0.2, -0.15) is 0 Å². The Balaban J connectivity index is 1.62. The third kappa shape index (κ3) is 4.92. The third-order valence-corrected chi connectivity index (χ3v) is 4.06. The summed E-state index contributed by atoms with van der Waals surface area (Å²) in [6.07, 6.45) is 0. The Morgan fingerprint density at radius 2 is 1.68 bits per heavy atom. The lowest BCUT2D eigenvalue weighted by Gasteiger charge is -2.11. The fourth-order valence-corrected chi connectivity index (χ4v) is 2.51. The van der Waals surface area contributed by atoms with Crippen molar-refractivity contribution in [3.63, 3.8) is 0 Å². The Hall–Kier alpha value is -3.25. The van der Waals surface area contributed by atoms with Crippen LogP contribution >= 0.6 is 11.6 Å². The van der Waals surface area contributed by atoms with Gasteiger partial charge >= 0.3 is 11.9 Å². The molecule has 0 unspecified atom stereocenters. The first-order valence-corrected chi connectivity index (χ1v) is 8.75. The van der Waals surface area contributed by atoms with E-state index in [1.165, 1.54) is 13.2 Å². The van der Waals surface area contributed by atoms with Gasteiger partial charge in [0.25, 0.3) is 0 Å². The van der Waals surface area contributed by atoms with Crippen molar-refractivity contribution >= 4 is 23.5 Å². The molecule has 0 aliphatic carbocycles. The summed E-state index contributed by atoms with van der Waals surface area (Å²) < 4.78 is 20.9. The molecule has 3 rings (SSSR count). The van der Waals surface area contributed by atoms with Crippen LogP contribution in [0.1, 0.15) is 32.2 Å². The number of furan rings is 1. The highest BCUT2D eigenvalue weighted by Crippen LogP contribution is 2.22. The van der Waals surface area contributed by atoms with Crippen LogP contribution in [0.4, 0.5) is 0 Å². The number of carbonyl (C=O) groups excluding carboxylic acids is 2. The maximum atomic E-state index is 12.4. The van der Waals surface area contributed by atoms with E-state index in [2.05, 4.69) is 4.74 Å². The number of hydrogen-bond acceptors (Lipinski definition) is 6. The van der Waals surface area contributed by atoms with E-state index in [1.54, 1.807) is 42.5 Å². The standard InChI is InChI=1S/C21H17ClO6/c1-25-21(24)19-11-10-16(28-19)13-27-20(23)17-4-2-3-5-18(17)26-12-14-6-8-15(22)9-7-14/h2-11H,12-13H2,1H3. The molecule has 1 heterocycles. The number of benzene rings is 2. The van der Waals surface area contributed by atoms with E-state index >= 15 is 0 Å². The SMILES string of the molecule is COC(=O)c1ccc(COC(=O)c2ccccc2OCc2ccc(Cl)cc2)o1. The van der Waals surface area contributed by atoms with Crippen LogP contribution in [0.3, 0.4) is 0 Å². The highest BCUT2D eigenvalue weighted by Gasteiger charge is 2.16. The van der Waals surface area contributed by atoms with Crippen LogP contribution < -0.4 is 4.74 Å². The van der Waals surface area contributed by atoms with Crippen molar-refractivity contribution in [3.05, 3.63) is 88.3 Å². The van der Waals surface area contributed by atoms with Gasteiger partial charge in [0.2, 0.25) is 5.76 Å². The molecule has 0 radical (unpaired) electrons. The number of rotatable bonds is 7. The molecule has 0 bridgehead atoms.